The molecule has 0 radical (unpaired) electrons. The minimum atomic E-state index is 0.291. The Morgan fingerprint density at radius 3 is 2.77 bits per heavy atom. The lowest BCUT2D eigenvalue weighted by molar-refractivity contribution is -0.134. The lowest BCUT2D eigenvalue weighted by Gasteiger charge is -2.21. The maximum atomic E-state index is 12.6. The van der Waals surface area contributed by atoms with Crippen LogP contribution in [0.4, 0.5) is 0 Å². The van der Waals surface area contributed by atoms with Crippen molar-refractivity contribution in [1.29, 1.82) is 0 Å². The van der Waals surface area contributed by atoms with E-state index < -0.39 is 0 Å². The summed E-state index contributed by atoms with van der Waals surface area (Å²) >= 11 is 0. The molecule has 1 saturated carbocycles. The monoisotopic (exact) mass is 297 g/mol. The van der Waals surface area contributed by atoms with Gasteiger partial charge in [-0.3, -0.25) is 4.79 Å². The number of carbonyl (C=O) groups excluding carboxylic acids is 1. The zero-order valence-electron chi connectivity index (χ0n) is 13.2. The van der Waals surface area contributed by atoms with E-state index in [4.69, 9.17) is 0 Å². The Labute approximate surface area is 131 Å². The fourth-order valence-corrected chi connectivity index (χ4v) is 4.21. The van der Waals surface area contributed by atoms with Gasteiger partial charge in [0.2, 0.25) is 5.91 Å². The second kappa shape index (κ2) is 5.41. The summed E-state index contributed by atoms with van der Waals surface area (Å²) in [5.74, 6) is 1.74. The van der Waals surface area contributed by atoms with E-state index in [1.54, 1.807) is 0 Å². The predicted molar refractivity (Wildman–Crippen MR) is 86.7 cm³/mol. The quantitative estimate of drug-likeness (QED) is 0.853. The number of imidazole rings is 1. The van der Waals surface area contributed by atoms with E-state index in [0.29, 0.717) is 17.9 Å². The van der Waals surface area contributed by atoms with Gasteiger partial charge in [-0.05, 0) is 38.3 Å². The first-order valence-corrected chi connectivity index (χ1v) is 8.46. The van der Waals surface area contributed by atoms with Crippen molar-refractivity contribution in [3.8, 4) is 0 Å². The van der Waals surface area contributed by atoms with E-state index in [9.17, 15) is 4.79 Å². The molecule has 1 amide bonds. The molecule has 2 aromatic rings. The lowest BCUT2D eigenvalue weighted by atomic mass is 10.1. The molecule has 0 spiro atoms. The lowest BCUT2D eigenvalue weighted by Crippen LogP contribution is -2.33. The Morgan fingerprint density at radius 2 is 1.95 bits per heavy atom. The molecule has 116 valence electrons. The van der Waals surface area contributed by atoms with Gasteiger partial charge in [0.15, 0.2) is 0 Å². The number of likely N-dealkylation sites (tertiary alicyclic amines) is 1. The van der Waals surface area contributed by atoms with E-state index in [1.807, 2.05) is 6.07 Å². The number of fused-ring (bicyclic) bond motifs is 1. The van der Waals surface area contributed by atoms with Gasteiger partial charge in [0.05, 0.1) is 17.1 Å². The van der Waals surface area contributed by atoms with Gasteiger partial charge in [0, 0.05) is 19.0 Å². The van der Waals surface area contributed by atoms with Crippen molar-refractivity contribution >= 4 is 16.9 Å². The molecule has 2 fully saturated rings. The molecule has 4 nitrogen and oxygen atoms in total. The molecule has 1 aromatic heterocycles. The number of amides is 1. The summed E-state index contributed by atoms with van der Waals surface area (Å²) < 4.78 is 2.33. The van der Waals surface area contributed by atoms with Gasteiger partial charge in [-0.25, -0.2) is 4.98 Å². The first-order valence-electron chi connectivity index (χ1n) is 8.46. The number of carbonyl (C=O) groups is 1. The number of aryl methyl sites for hydroxylation is 1. The summed E-state index contributed by atoms with van der Waals surface area (Å²) in [6, 6.07) is 8.67. The van der Waals surface area contributed by atoms with Gasteiger partial charge in [-0.15, -0.1) is 0 Å². The smallest absolute Gasteiger partial charge is 0.225 e. The van der Waals surface area contributed by atoms with Gasteiger partial charge in [0.25, 0.3) is 0 Å². The van der Waals surface area contributed by atoms with Crippen LogP contribution in [0.25, 0.3) is 11.0 Å². The second-order valence-electron chi connectivity index (χ2n) is 6.73. The normalized spacial score (nSPS) is 22.8. The van der Waals surface area contributed by atoms with E-state index >= 15 is 0 Å². The van der Waals surface area contributed by atoms with Crippen LogP contribution < -0.4 is 0 Å². The number of aromatic nitrogens is 2. The SMILES string of the molecule is Cc1nc2ccccc2n1[C@H]1CCN(C(=O)C2CCCC2)C1. The molecule has 0 N–H and O–H groups in total. The third kappa shape index (κ3) is 2.21. The van der Waals surface area contributed by atoms with Crippen LogP contribution in [0.15, 0.2) is 24.3 Å². The minimum Gasteiger partial charge on any atom is -0.340 e. The average Bonchev–Trinajstić information content (AvgIpc) is 3.25. The molecule has 4 rings (SSSR count). The van der Waals surface area contributed by atoms with Crippen LogP contribution in [0.1, 0.15) is 44.0 Å². The standard InChI is InChI=1S/C18H23N3O/c1-13-19-16-8-4-5-9-17(16)21(13)15-10-11-20(12-15)18(22)14-6-2-3-7-14/h4-5,8-9,14-15H,2-3,6-7,10-12H2,1H3/t15-/m0/s1. The summed E-state index contributed by atoms with van der Waals surface area (Å²) in [6.45, 7) is 3.81. The van der Waals surface area contributed by atoms with E-state index in [0.717, 1.165) is 43.7 Å². The van der Waals surface area contributed by atoms with Crippen LogP contribution in [0.5, 0.6) is 0 Å². The number of hydrogen-bond donors (Lipinski definition) is 0. The molecule has 4 heteroatoms. The first kappa shape index (κ1) is 13.8. The molecule has 1 aliphatic carbocycles. The van der Waals surface area contributed by atoms with Crippen molar-refractivity contribution in [3.05, 3.63) is 30.1 Å². The zero-order chi connectivity index (χ0) is 15.1. The highest BCUT2D eigenvalue weighted by Gasteiger charge is 2.33. The Balaban J connectivity index is 1.56. The van der Waals surface area contributed by atoms with Crippen LogP contribution in [-0.4, -0.2) is 33.4 Å². The molecule has 1 aromatic carbocycles. The number of para-hydroxylation sites is 2. The third-order valence-electron chi connectivity index (χ3n) is 5.32. The zero-order valence-corrected chi connectivity index (χ0v) is 13.2. The van der Waals surface area contributed by atoms with Gasteiger partial charge in [-0.2, -0.15) is 0 Å². The second-order valence-corrected chi connectivity index (χ2v) is 6.73. The molecule has 0 bridgehead atoms. The molecule has 1 aliphatic heterocycles. The Bertz CT molecular complexity index is 699. The van der Waals surface area contributed by atoms with Gasteiger partial charge in [-0.1, -0.05) is 25.0 Å². The number of rotatable bonds is 2. The summed E-state index contributed by atoms with van der Waals surface area (Å²) in [7, 11) is 0. The number of hydrogen-bond acceptors (Lipinski definition) is 2. The molecule has 0 unspecified atom stereocenters. The van der Waals surface area contributed by atoms with Crippen LogP contribution in [0, 0.1) is 12.8 Å². The first-order chi connectivity index (χ1) is 10.7. The van der Waals surface area contributed by atoms with Crippen molar-refractivity contribution in [2.24, 2.45) is 5.92 Å². The van der Waals surface area contributed by atoms with Gasteiger partial charge in [0.1, 0.15) is 5.82 Å². The van der Waals surface area contributed by atoms with Crippen LogP contribution >= 0.6 is 0 Å². The van der Waals surface area contributed by atoms with E-state index in [-0.39, 0.29) is 0 Å². The summed E-state index contributed by atoms with van der Waals surface area (Å²) in [5.41, 5.74) is 2.25. The Hall–Kier alpha value is -1.84. The van der Waals surface area contributed by atoms with Crippen LogP contribution in [0.2, 0.25) is 0 Å². The highest BCUT2D eigenvalue weighted by Crippen LogP contribution is 2.32. The van der Waals surface area contributed by atoms with E-state index in [1.165, 1.54) is 18.4 Å². The maximum absolute atomic E-state index is 12.6. The third-order valence-corrected chi connectivity index (χ3v) is 5.32. The van der Waals surface area contributed by atoms with E-state index in [2.05, 4.69) is 39.6 Å². The van der Waals surface area contributed by atoms with Gasteiger partial charge < -0.3 is 9.47 Å². The van der Waals surface area contributed by atoms with Crippen LogP contribution in [-0.2, 0) is 4.79 Å². The van der Waals surface area contributed by atoms with Crippen molar-refractivity contribution in [1.82, 2.24) is 14.5 Å². The fourth-order valence-electron chi connectivity index (χ4n) is 4.21. The van der Waals surface area contributed by atoms with Crippen molar-refractivity contribution in [3.63, 3.8) is 0 Å². The van der Waals surface area contributed by atoms with Crippen molar-refractivity contribution < 1.29 is 4.79 Å². The summed E-state index contributed by atoms with van der Waals surface area (Å²) in [5, 5.41) is 0. The average molecular weight is 297 g/mol. The highest BCUT2D eigenvalue weighted by atomic mass is 16.2. The summed E-state index contributed by atoms with van der Waals surface area (Å²) in [6.07, 6.45) is 5.66. The largest absolute Gasteiger partial charge is 0.340 e. The topological polar surface area (TPSA) is 38.1 Å². The molecule has 2 aliphatic rings. The predicted octanol–water partition coefficient (Wildman–Crippen LogP) is 3.31. The molecular formula is C18H23N3O. The minimum absolute atomic E-state index is 0.291. The molecule has 22 heavy (non-hydrogen) atoms. The molecule has 1 saturated heterocycles. The fraction of sp³-hybridized carbons (Fsp3) is 0.556. The maximum Gasteiger partial charge on any atom is 0.225 e. The van der Waals surface area contributed by atoms with Crippen molar-refractivity contribution in [2.75, 3.05) is 13.1 Å². The number of nitrogens with zero attached hydrogens (tertiary/aromatic N) is 3. The molecule has 1 atom stereocenters. The molecular weight excluding hydrogens is 274 g/mol. The van der Waals surface area contributed by atoms with Crippen molar-refractivity contribution in [2.45, 2.75) is 45.1 Å². The molecule has 2 heterocycles. The van der Waals surface area contributed by atoms with Crippen LogP contribution in [0.3, 0.4) is 0 Å². The van der Waals surface area contributed by atoms with Gasteiger partial charge >= 0.3 is 0 Å². The Kier molecular flexibility index (Phi) is 3.40. The highest BCUT2D eigenvalue weighted by molar-refractivity contribution is 5.80. The Morgan fingerprint density at radius 1 is 1.18 bits per heavy atom. The summed E-state index contributed by atoms with van der Waals surface area (Å²) in [4.78, 5) is 19.4. The number of benzene rings is 1.